The van der Waals surface area contributed by atoms with Crippen LogP contribution in [0.3, 0.4) is 0 Å². The number of hydrogen-bond acceptors (Lipinski definition) is 5. The van der Waals surface area contributed by atoms with Crippen LogP contribution in [0.5, 0.6) is 0 Å². The summed E-state index contributed by atoms with van der Waals surface area (Å²) in [5.74, 6) is 1.66. The number of fused-ring (bicyclic) bond motifs is 3. The minimum Gasteiger partial charge on any atom is -0.371 e. The largest absolute Gasteiger partial charge is 0.371 e. The van der Waals surface area contributed by atoms with E-state index < -0.39 is 0 Å². The molecule has 2 aromatic rings. The van der Waals surface area contributed by atoms with Crippen molar-refractivity contribution < 1.29 is 0 Å². The Balaban J connectivity index is 1.18. The lowest BCUT2D eigenvalue weighted by molar-refractivity contribution is 0.191. The second kappa shape index (κ2) is 8.19. The van der Waals surface area contributed by atoms with Crippen molar-refractivity contribution in [3.8, 4) is 0 Å². The van der Waals surface area contributed by atoms with Crippen molar-refractivity contribution in [1.82, 2.24) is 20.5 Å². The maximum Gasteiger partial charge on any atom is 0.0607 e. The van der Waals surface area contributed by atoms with Gasteiger partial charge in [-0.3, -0.25) is 9.88 Å². The molecule has 1 aromatic heterocycles. The number of aryl methyl sites for hydroxylation is 1. The summed E-state index contributed by atoms with van der Waals surface area (Å²) < 4.78 is 0. The number of nitrogens with one attached hydrogen (secondary N) is 2. The molecule has 2 N–H and O–H groups in total. The average molecular weight is 418 g/mol. The molecule has 0 amide bonds. The molecule has 2 saturated heterocycles. The number of nitrogens with zero attached hydrogens (tertiary/aromatic N) is 3. The third kappa shape index (κ3) is 3.67. The summed E-state index contributed by atoms with van der Waals surface area (Å²) in [6.45, 7) is 6.89. The van der Waals surface area contributed by atoms with Crippen LogP contribution in [-0.4, -0.2) is 55.7 Å². The molecule has 0 unspecified atom stereocenters. The van der Waals surface area contributed by atoms with Crippen LogP contribution >= 0.6 is 0 Å². The standard InChI is InChI=1S/C26H35N5/c1-30(25-9-2-5-18-7-4-10-28-26(18)25)17-22-11-23-19(14-29-22)6-3-8-24(23)31-15-20-12-27-13-21(20)16-31/h3-4,6-8,10,20-22,25,27,29H,2,5,9,11-17H2,1H3/t20-,21+,22-,25-/m0/s1. The SMILES string of the molecule is CN(C[C@@H]1Cc2c(cccc2N2C[C@H]3CNC[C@H]3C2)CN1)[C@H]1CCCc2cccnc21. The second-order valence-corrected chi connectivity index (χ2v) is 10.2. The molecule has 164 valence electrons. The first-order valence-corrected chi connectivity index (χ1v) is 12.2. The van der Waals surface area contributed by atoms with E-state index in [4.69, 9.17) is 4.98 Å². The van der Waals surface area contributed by atoms with Crippen LogP contribution < -0.4 is 15.5 Å². The fraction of sp³-hybridized carbons (Fsp3) is 0.577. The first-order chi connectivity index (χ1) is 15.3. The van der Waals surface area contributed by atoms with Gasteiger partial charge in [-0.25, -0.2) is 0 Å². The number of pyridine rings is 1. The molecule has 5 nitrogen and oxygen atoms in total. The van der Waals surface area contributed by atoms with Gasteiger partial charge in [0.05, 0.1) is 11.7 Å². The Morgan fingerprint density at radius 1 is 1.10 bits per heavy atom. The molecule has 1 aliphatic carbocycles. The predicted molar refractivity (Wildman–Crippen MR) is 125 cm³/mol. The summed E-state index contributed by atoms with van der Waals surface area (Å²) in [6, 6.07) is 12.3. The van der Waals surface area contributed by atoms with Crippen LogP contribution in [0.2, 0.25) is 0 Å². The molecule has 31 heavy (non-hydrogen) atoms. The molecule has 6 rings (SSSR count). The van der Waals surface area contributed by atoms with E-state index in [0.717, 1.165) is 31.3 Å². The van der Waals surface area contributed by atoms with Gasteiger partial charge in [0.1, 0.15) is 0 Å². The van der Waals surface area contributed by atoms with Crippen LogP contribution in [0.4, 0.5) is 5.69 Å². The summed E-state index contributed by atoms with van der Waals surface area (Å²) in [4.78, 5) is 10.0. The van der Waals surface area contributed by atoms with E-state index in [-0.39, 0.29) is 0 Å². The molecule has 0 bridgehead atoms. The van der Waals surface area contributed by atoms with Gasteiger partial charge >= 0.3 is 0 Å². The van der Waals surface area contributed by atoms with Gasteiger partial charge in [-0.15, -0.1) is 0 Å². The molecule has 0 radical (unpaired) electrons. The van der Waals surface area contributed by atoms with Crippen LogP contribution in [-0.2, 0) is 19.4 Å². The Morgan fingerprint density at radius 2 is 1.94 bits per heavy atom. The minimum absolute atomic E-state index is 0.453. The van der Waals surface area contributed by atoms with Crippen LogP contribution in [0, 0.1) is 11.8 Å². The zero-order valence-corrected chi connectivity index (χ0v) is 18.7. The smallest absolute Gasteiger partial charge is 0.0607 e. The molecule has 4 heterocycles. The van der Waals surface area contributed by atoms with Gasteiger partial charge in [0.2, 0.25) is 0 Å². The molecular weight excluding hydrogens is 382 g/mol. The van der Waals surface area contributed by atoms with Gasteiger partial charge in [0.25, 0.3) is 0 Å². The van der Waals surface area contributed by atoms with Gasteiger partial charge in [0, 0.05) is 57.2 Å². The summed E-state index contributed by atoms with van der Waals surface area (Å²) in [7, 11) is 2.30. The molecule has 4 aliphatic rings. The molecule has 0 saturated carbocycles. The van der Waals surface area contributed by atoms with Gasteiger partial charge in [-0.2, -0.15) is 0 Å². The molecule has 5 heteroatoms. The predicted octanol–water partition coefficient (Wildman–Crippen LogP) is 2.76. The molecule has 1 aromatic carbocycles. The van der Waals surface area contributed by atoms with E-state index in [1.807, 2.05) is 6.20 Å². The number of benzene rings is 1. The van der Waals surface area contributed by atoms with Crippen LogP contribution in [0.1, 0.15) is 41.3 Å². The Kier molecular flexibility index (Phi) is 5.21. The third-order valence-corrected chi connectivity index (χ3v) is 8.22. The number of rotatable bonds is 4. The van der Waals surface area contributed by atoms with Crippen molar-refractivity contribution in [3.05, 3.63) is 58.9 Å². The van der Waals surface area contributed by atoms with Crippen molar-refractivity contribution in [2.75, 3.05) is 44.7 Å². The number of anilines is 1. The van der Waals surface area contributed by atoms with Gasteiger partial charge in [-0.1, -0.05) is 18.2 Å². The van der Waals surface area contributed by atoms with Crippen molar-refractivity contribution in [2.45, 2.75) is 44.3 Å². The molecule has 3 aliphatic heterocycles. The summed E-state index contributed by atoms with van der Waals surface area (Å²) in [5, 5.41) is 7.41. The van der Waals surface area contributed by atoms with Gasteiger partial charge in [0.15, 0.2) is 0 Å². The van der Waals surface area contributed by atoms with Crippen molar-refractivity contribution in [1.29, 1.82) is 0 Å². The van der Waals surface area contributed by atoms with E-state index >= 15 is 0 Å². The highest BCUT2D eigenvalue weighted by atomic mass is 15.2. The zero-order valence-electron chi connectivity index (χ0n) is 18.7. The summed E-state index contributed by atoms with van der Waals surface area (Å²) >= 11 is 0. The third-order valence-electron chi connectivity index (χ3n) is 8.22. The van der Waals surface area contributed by atoms with Gasteiger partial charge in [-0.05, 0) is 73.4 Å². The Bertz CT molecular complexity index is 931. The van der Waals surface area contributed by atoms with E-state index in [0.29, 0.717) is 12.1 Å². The van der Waals surface area contributed by atoms with Crippen molar-refractivity contribution >= 4 is 5.69 Å². The quantitative estimate of drug-likeness (QED) is 0.801. The van der Waals surface area contributed by atoms with Crippen molar-refractivity contribution in [3.63, 3.8) is 0 Å². The lowest BCUT2D eigenvalue weighted by atomic mass is 9.89. The maximum atomic E-state index is 4.77. The Hall–Kier alpha value is -1.95. The number of likely N-dealkylation sites (N-methyl/N-ethyl adjacent to an activating group) is 1. The topological polar surface area (TPSA) is 43.4 Å². The number of aromatic nitrogens is 1. The monoisotopic (exact) mass is 417 g/mol. The van der Waals surface area contributed by atoms with E-state index in [1.54, 1.807) is 5.56 Å². The van der Waals surface area contributed by atoms with Crippen LogP contribution in [0.25, 0.3) is 0 Å². The first kappa shape index (κ1) is 19.7. The highest BCUT2D eigenvalue weighted by Gasteiger charge is 2.37. The molecular formula is C26H35N5. The molecule has 4 atom stereocenters. The normalized spacial score (nSPS) is 29.7. The zero-order chi connectivity index (χ0) is 20.8. The lowest BCUT2D eigenvalue weighted by Crippen LogP contribution is -2.45. The average Bonchev–Trinajstić information content (AvgIpc) is 3.41. The summed E-state index contributed by atoms with van der Waals surface area (Å²) in [5.41, 5.74) is 7.35. The maximum absolute atomic E-state index is 4.77. The highest BCUT2D eigenvalue weighted by molar-refractivity contribution is 5.59. The first-order valence-electron chi connectivity index (χ1n) is 12.2. The number of hydrogen-bond donors (Lipinski definition) is 2. The second-order valence-electron chi connectivity index (χ2n) is 10.2. The lowest BCUT2D eigenvalue weighted by Gasteiger charge is -2.37. The van der Waals surface area contributed by atoms with E-state index in [1.165, 1.54) is 67.9 Å². The van der Waals surface area contributed by atoms with Crippen molar-refractivity contribution in [2.24, 2.45) is 11.8 Å². The Labute approximate surface area is 186 Å². The minimum atomic E-state index is 0.453. The summed E-state index contributed by atoms with van der Waals surface area (Å²) in [6.07, 6.45) is 6.76. The van der Waals surface area contributed by atoms with E-state index in [2.05, 4.69) is 57.8 Å². The Morgan fingerprint density at radius 3 is 2.81 bits per heavy atom. The van der Waals surface area contributed by atoms with Crippen LogP contribution in [0.15, 0.2) is 36.5 Å². The molecule has 0 spiro atoms. The van der Waals surface area contributed by atoms with Gasteiger partial charge < -0.3 is 15.5 Å². The fourth-order valence-corrected chi connectivity index (χ4v) is 6.56. The molecule has 2 fully saturated rings. The fourth-order valence-electron chi connectivity index (χ4n) is 6.56. The van der Waals surface area contributed by atoms with E-state index in [9.17, 15) is 0 Å². The highest BCUT2D eigenvalue weighted by Crippen LogP contribution is 2.36.